The Labute approximate surface area is 167 Å². The van der Waals surface area contributed by atoms with Gasteiger partial charge in [0.2, 0.25) is 10.0 Å². The molecule has 1 N–H and O–H groups in total. The minimum atomic E-state index is -3.65. The van der Waals surface area contributed by atoms with Crippen LogP contribution in [0.15, 0.2) is 47.4 Å². The molecule has 1 amide bonds. The third-order valence-electron chi connectivity index (χ3n) is 4.19. The number of benzene rings is 2. The van der Waals surface area contributed by atoms with Crippen LogP contribution in [-0.2, 0) is 10.0 Å². The highest BCUT2D eigenvalue weighted by Crippen LogP contribution is 2.30. The first-order chi connectivity index (χ1) is 13.2. The molecule has 2 rings (SSSR count). The lowest BCUT2D eigenvalue weighted by Gasteiger charge is -2.20. The number of ether oxygens (including phenoxy) is 1. The summed E-state index contributed by atoms with van der Waals surface area (Å²) in [6.07, 6.45) is -0.125. The Morgan fingerprint density at radius 3 is 2.36 bits per heavy atom. The average molecular weight is 405 g/mol. The van der Waals surface area contributed by atoms with Crippen LogP contribution in [0.25, 0.3) is 0 Å². The molecule has 0 heterocycles. The molecule has 0 atom stereocenters. The second kappa shape index (κ2) is 9.21. The molecule has 152 valence electrons. The zero-order valence-electron chi connectivity index (χ0n) is 17.0. The summed E-state index contributed by atoms with van der Waals surface area (Å²) in [7, 11) is -3.65. The molecule has 2 aromatic carbocycles. The highest BCUT2D eigenvalue weighted by Gasteiger charge is 2.23. The zero-order chi connectivity index (χ0) is 20.9. The molecule has 0 saturated carbocycles. The Balaban J connectivity index is 2.45. The van der Waals surface area contributed by atoms with Crippen molar-refractivity contribution in [3.8, 4) is 5.75 Å². The van der Waals surface area contributed by atoms with Gasteiger partial charge >= 0.3 is 0 Å². The second-order valence-electron chi connectivity index (χ2n) is 6.74. The van der Waals surface area contributed by atoms with E-state index in [1.54, 1.807) is 38.1 Å². The van der Waals surface area contributed by atoms with E-state index < -0.39 is 10.0 Å². The first kappa shape index (κ1) is 21.9. The van der Waals surface area contributed by atoms with E-state index in [4.69, 9.17) is 4.74 Å². The number of nitrogens with one attached hydrogen (secondary N) is 1. The van der Waals surface area contributed by atoms with Crippen molar-refractivity contribution < 1.29 is 17.9 Å². The van der Waals surface area contributed by atoms with Crippen molar-refractivity contribution in [1.82, 2.24) is 4.31 Å². The van der Waals surface area contributed by atoms with Crippen LogP contribution in [-0.4, -0.2) is 37.8 Å². The van der Waals surface area contributed by atoms with Crippen molar-refractivity contribution in [2.45, 2.75) is 45.6 Å². The van der Waals surface area contributed by atoms with E-state index in [-0.39, 0.29) is 16.9 Å². The normalized spacial score (nSPS) is 11.7. The van der Waals surface area contributed by atoms with Gasteiger partial charge in [0.15, 0.2) is 0 Å². The number of rotatable bonds is 8. The Hall–Kier alpha value is -2.38. The number of aryl methyl sites for hydroxylation is 1. The summed E-state index contributed by atoms with van der Waals surface area (Å²) < 4.78 is 32.8. The van der Waals surface area contributed by atoms with Gasteiger partial charge in [-0.05, 0) is 51.1 Å². The lowest BCUT2D eigenvalue weighted by atomic mass is 10.1. The quantitative estimate of drug-likeness (QED) is 0.720. The van der Waals surface area contributed by atoms with Crippen LogP contribution in [0.2, 0.25) is 0 Å². The van der Waals surface area contributed by atoms with Crippen molar-refractivity contribution in [2.24, 2.45) is 0 Å². The fourth-order valence-electron chi connectivity index (χ4n) is 2.82. The first-order valence-electron chi connectivity index (χ1n) is 9.37. The molecule has 0 aliphatic carbocycles. The number of sulfonamides is 1. The van der Waals surface area contributed by atoms with Crippen molar-refractivity contribution in [1.29, 1.82) is 0 Å². The van der Waals surface area contributed by atoms with Gasteiger partial charge in [0.05, 0.1) is 16.7 Å². The van der Waals surface area contributed by atoms with E-state index in [1.165, 1.54) is 16.4 Å². The number of carbonyl (C=O) groups is 1. The van der Waals surface area contributed by atoms with Gasteiger partial charge in [0, 0.05) is 18.7 Å². The van der Waals surface area contributed by atoms with Gasteiger partial charge in [-0.1, -0.05) is 31.5 Å². The minimum Gasteiger partial charge on any atom is -0.489 e. The first-order valence-corrected chi connectivity index (χ1v) is 10.8. The molecule has 0 aromatic heterocycles. The SMILES string of the molecule is CCN(CC)S(=O)(=O)c1ccc(OC(C)C)c(NC(=O)c2cccc(C)c2)c1. The van der Waals surface area contributed by atoms with Crippen LogP contribution in [0.5, 0.6) is 5.75 Å². The number of anilines is 1. The molecule has 0 unspecified atom stereocenters. The lowest BCUT2D eigenvalue weighted by Crippen LogP contribution is -2.30. The van der Waals surface area contributed by atoms with Crippen LogP contribution in [0.4, 0.5) is 5.69 Å². The van der Waals surface area contributed by atoms with E-state index in [9.17, 15) is 13.2 Å². The smallest absolute Gasteiger partial charge is 0.255 e. The van der Waals surface area contributed by atoms with Crippen LogP contribution >= 0.6 is 0 Å². The molecule has 0 fully saturated rings. The molecule has 0 bridgehead atoms. The van der Waals surface area contributed by atoms with E-state index >= 15 is 0 Å². The lowest BCUT2D eigenvalue weighted by molar-refractivity contribution is 0.102. The maximum atomic E-state index is 12.9. The molecule has 2 aromatic rings. The Morgan fingerprint density at radius 2 is 1.79 bits per heavy atom. The molecule has 28 heavy (non-hydrogen) atoms. The number of hydrogen-bond donors (Lipinski definition) is 1. The second-order valence-corrected chi connectivity index (χ2v) is 8.68. The number of nitrogens with zero attached hydrogens (tertiary/aromatic N) is 1. The predicted molar refractivity (Wildman–Crippen MR) is 111 cm³/mol. The zero-order valence-corrected chi connectivity index (χ0v) is 17.8. The van der Waals surface area contributed by atoms with E-state index in [2.05, 4.69) is 5.32 Å². The van der Waals surface area contributed by atoms with Crippen LogP contribution in [0.3, 0.4) is 0 Å². The van der Waals surface area contributed by atoms with Crippen LogP contribution in [0, 0.1) is 6.92 Å². The van der Waals surface area contributed by atoms with E-state index in [1.807, 2.05) is 26.8 Å². The van der Waals surface area contributed by atoms with Gasteiger partial charge in [0.25, 0.3) is 5.91 Å². The summed E-state index contributed by atoms with van der Waals surface area (Å²) in [5.41, 5.74) is 1.78. The van der Waals surface area contributed by atoms with Crippen LogP contribution in [0.1, 0.15) is 43.6 Å². The number of amides is 1. The number of hydrogen-bond acceptors (Lipinski definition) is 4. The standard InChI is InChI=1S/C21H28N2O4S/c1-6-23(7-2)28(25,26)18-11-12-20(27-15(3)4)19(14-18)22-21(24)17-10-8-9-16(5)13-17/h8-15H,6-7H2,1-5H3,(H,22,24). The van der Waals surface area contributed by atoms with Crippen molar-refractivity contribution in [3.05, 3.63) is 53.6 Å². The van der Waals surface area contributed by atoms with Crippen molar-refractivity contribution in [3.63, 3.8) is 0 Å². The molecule has 6 nitrogen and oxygen atoms in total. The monoisotopic (exact) mass is 404 g/mol. The Bertz CT molecular complexity index is 935. The number of carbonyl (C=O) groups excluding carboxylic acids is 1. The average Bonchev–Trinajstić information content (AvgIpc) is 2.63. The fourth-order valence-corrected chi connectivity index (χ4v) is 4.30. The topological polar surface area (TPSA) is 75.7 Å². The molecule has 0 aliphatic heterocycles. The van der Waals surface area contributed by atoms with Gasteiger partial charge in [-0.25, -0.2) is 8.42 Å². The minimum absolute atomic E-state index is 0.117. The van der Waals surface area contributed by atoms with Gasteiger partial charge < -0.3 is 10.1 Å². The Morgan fingerprint density at radius 1 is 1.11 bits per heavy atom. The third kappa shape index (κ3) is 5.11. The van der Waals surface area contributed by atoms with E-state index in [0.29, 0.717) is 30.1 Å². The largest absolute Gasteiger partial charge is 0.489 e. The third-order valence-corrected chi connectivity index (χ3v) is 6.23. The van der Waals surface area contributed by atoms with Crippen LogP contribution < -0.4 is 10.1 Å². The van der Waals surface area contributed by atoms with E-state index in [0.717, 1.165) is 5.56 Å². The highest BCUT2D eigenvalue weighted by molar-refractivity contribution is 7.89. The summed E-state index contributed by atoms with van der Waals surface area (Å²) in [6.45, 7) is 9.96. The van der Waals surface area contributed by atoms with Gasteiger partial charge in [0.1, 0.15) is 5.75 Å². The Kier molecular flexibility index (Phi) is 7.21. The molecule has 0 aliphatic rings. The molecule has 0 saturated heterocycles. The molecular weight excluding hydrogens is 376 g/mol. The summed E-state index contributed by atoms with van der Waals surface area (Å²) in [5.74, 6) is 0.101. The van der Waals surface area contributed by atoms with Crippen molar-refractivity contribution >= 4 is 21.6 Å². The molecule has 0 spiro atoms. The summed E-state index contributed by atoms with van der Waals surface area (Å²) in [5, 5.41) is 2.80. The summed E-state index contributed by atoms with van der Waals surface area (Å²) in [4.78, 5) is 12.8. The van der Waals surface area contributed by atoms with Crippen molar-refractivity contribution in [2.75, 3.05) is 18.4 Å². The van der Waals surface area contributed by atoms with Gasteiger partial charge in [-0.3, -0.25) is 4.79 Å². The predicted octanol–water partition coefficient (Wildman–Crippen LogP) is 4.07. The highest BCUT2D eigenvalue weighted by atomic mass is 32.2. The molecular formula is C21H28N2O4S. The molecule has 7 heteroatoms. The van der Waals surface area contributed by atoms with Gasteiger partial charge in [-0.15, -0.1) is 0 Å². The maximum absolute atomic E-state index is 12.9. The maximum Gasteiger partial charge on any atom is 0.255 e. The fraction of sp³-hybridized carbons (Fsp3) is 0.381. The summed E-state index contributed by atoms with van der Waals surface area (Å²) in [6, 6.07) is 11.7. The molecule has 0 radical (unpaired) electrons. The summed E-state index contributed by atoms with van der Waals surface area (Å²) >= 11 is 0. The van der Waals surface area contributed by atoms with Gasteiger partial charge in [-0.2, -0.15) is 4.31 Å².